The van der Waals surface area contributed by atoms with Gasteiger partial charge in [-0.3, -0.25) is 9.69 Å². The van der Waals surface area contributed by atoms with Crippen LogP contribution < -0.4 is 10.2 Å². The van der Waals surface area contributed by atoms with Gasteiger partial charge in [-0.1, -0.05) is 29.3 Å². The molecule has 1 aromatic carbocycles. The molecular formula is C15H12Cl2N2O3S. The fraction of sp³-hybridized carbons (Fsp3) is 0.200. The molecule has 2 aromatic rings. The van der Waals surface area contributed by atoms with E-state index in [1.807, 2.05) is 11.4 Å². The molecule has 5 nitrogen and oxygen atoms in total. The van der Waals surface area contributed by atoms with E-state index < -0.39 is 12.1 Å². The SMILES string of the molecule is O=C(NCc1ccc(Cl)cc1Cl)C1COC(=O)N1c1cccs1. The van der Waals surface area contributed by atoms with Crippen molar-refractivity contribution in [3.8, 4) is 0 Å². The molecule has 0 saturated carbocycles. The van der Waals surface area contributed by atoms with Crippen molar-refractivity contribution < 1.29 is 14.3 Å². The number of anilines is 1. The molecule has 1 unspecified atom stereocenters. The van der Waals surface area contributed by atoms with Gasteiger partial charge in [-0.15, -0.1) is 11.3 Å². The van der Waals surface area contributed by atoms with E-state index in [9.17, 15) is 9.59 Å². The number of carbonyl (C=O) groups excluding carboxylic acids is 2. The van der Waals surface area contributed by atoms with Crippen LogP contribution in [0, 0.1) is 0 Å². The number of rotatable bonds is 4. The average molecular weight is 371 g/mol. The number of nitrogens with zero attached hydrogens (tertiary/aromatic N) is 1. The van der Waals surface area contributed by atoms with Crippen LogP contribution >= 0.6 is 34.5 Å². The highest BCUT2D eigenvalue weighted by atomic mass is 35.5. The summed E-state index contributed by atoms with van der Waals surface area (Å²) in [6.45, 7) is 0.273. The summed E-state index contributed by atoms with van der Waals surface area (Å²) in [7, 11) is 0. The van der Waals surface area contributed by atoms with Gasteiger partial charge in [-0.2, -0.15) is 0 Å². The number of nitrogens with one attached hydrogen (secondary N) is 1. The smallest absolute Gasteiger partial charge is 0.415 e. The number of benzene rings is 1. The summed E-state index contributed by atoms with van der Waals surface area (Å²) in [5.74, 6) is -0.296. The van der Waals surface area contributed by atoms with Crippen molar-refractivity contribution >= 4 is 51.5 Å². The monoisotopic (exact) mass is 370 g/mol. The fourth-order valence-electron chi connectivity index (χ4n) is 2.23. The van der Waals surface area contributed by atoms with Crippen LogP contribution in [0.1, 0.15) is 5.56 Å². The van der Waals surface area contributed by atoms with Gasteiger partial charge in [0, 0.05) is 16.6 Å². The van der Waals surface area contributed by atoms with E-state index >= 15 is 0 Å². The van der Waals surface area contributed by atoms with Gasteiger partial charge in [0.1, 0.15) is 11.6 Å². The number of cyclic esters (lactones) is 1. The van der Waals surface area contributed by atoms with Gasteiger partial charge in [0.15, 0.2) is 6.04 Å². The van der Waals surface area contributed by atoms with E-state index in [1.54, 1.807) is 24.3 Å². The van der Waals surface area contributed by atoms with Gasteiger partial charge in [-0.05, 0) is 35.2 Å². The third-order valence-corrected chi connectivity index (χ3v) is 4.84. The molecular weight excluding hydrogens is 359 g/mol. The number of hydrogen-bond donors (Lipinski definition) is 1. The summed E-state index contributed by atoms with van der Waals surface area (Å²) in [4.78, 5) is 25.6. The standard InChI is InChI=1S/C15H12Cl2N2O3S/c16-10-4-3-9(11(17)6-10)7-18-14(20)12-8-22-15(21)19(12)13-2-1-5-23-13/h1-6,12H,7-8H2,(H,18,20). The Bertz CT molecular complexity index is 736. The summed E-state index contributed by atoms with van der Waals surface area (Å²) >= 11 is 13.3. The maximum Gasteiger partial charge on any atom is 0.415 e. The first-order chi connectivity index (χ1) is 11.1. The summed E-state index contributed by atoms with van der Waals surface area (Å²) in [5.41, 5.74) is 0.748. The number of carbonyl (C=O) groups is 2. The van der Waals surface area contributed by atoms with Crippen molar-refractivity contribution in [1.82, 2.24) is 5.32 Å². The second-order valence-electron chi connectivity index (χ2n) is 4.87. The zero-order valence-corrected chi connectivity index (χ0v) is 14.1. The van der Waals surface area contributed by atoms with Crippen LogP contribution in [0.15, 0.2) is 35.7 Å². The van der Waals surface area contributed by atoms with Crippen molar-refractivity contribution in [1.29, 1.82) is 0 Å². The average Bonchev–Trinajstić information content (AvgIpc) is 3.15. The van der Waals surface area contributed by atoms with Gasteiger partial charge in [0.05, 0.1) is 0 Å². The first kappa shape index (κ1) is 16.1. The van der Waals surface area contributed by atoms with Crippen LogP contribution in [0.4, 0.5) is 9.80 Å². The Morgan fingerprint density at radius 1 is 1.39 bits per heavy atom. The van der Waals surface area contributed by atoms with Gasteiger partial charge in [-0.25, -0.2) is 4.79 Å². The molecule has 23 heavy (non-hydrogen) atoms. The van der Waals surface area contributed by atoms with Crippen molar-refractivity contribution in [2.45, 2.75) is 12.6 Å². The van der Waals surface area contributed by atoms with Crippen molar-refractivity contribution in [2.24, 2.45) is 0 Å². The van der Waals surface area contributed by atoms with E-state index in [2.05, 4.69) is 5.32 Å². The number of ether oxygens (including phenoxy) is 1. The minimum absolute atomic E-state index is 0.0247. The Morgan fingerprint density at radius 2 is 2.22 bits per heavy atom. The molecule has 1 fully saturated rings. The molecule has 1 saturated heterocycles. The molecule has 3 rings (SSSR count). The van der Waals surface area contributed by atoms with Crippen LogP contribution in [0.3, 0.4) is 0 Å². The molecule has 1 N–H and O–H groups in total. The lowest BCUT2D eigenvalue weighted by Crippen LogP contribution is -2.45. The molecule has 120 valence electrons. The number of hydrogen-bond acceptors (Lipinski definition) is 4. The minimum Gasteiger partial charge on any atom is -0.446 e. The van der Waals surface area contributed by atoms with Crippen molar-refractivity contribution in [3.05, 3.63) is 51.3 Å². The molecule has 2 heterocycles. The molecule has 0 radical (unpaired) electrons. The highest BCUT2D eigenvalue weighted by Crippen LogP contribution is 2.28. The van der Waals surface area contributed by atoms with E-state index in [0.717, 1.165) is 5.56 Å². The lowest BCUT2D eigenvalue weighted by molar-refractivity contribution is -0.122. The van der Waals surface area contributed by atoms with Crippen molar-refractivity contribution in [3.63, 3.8) is 0 Å². The molecule has 0 aliphatic carbocycles. The van der Waals surface area contributed by atoms with E-state index in [1.165, 1.54) is 16.2 Å². The molecule has 0 bridgehead atoms. The maximum atomic E-state index is 12.4. The number of amides is 2. The largest absolute Gasteiger partial charge is 0.446 e. The Kier molecular flexibility index (Phi) is 4.75. The van der Waals surface area contributed by atoms with Gasteiger partial charge in [0.2, 0.25) is 5.91 Å². The summed E-state index contributed by atoms with van der Waals surface area (Å²) in [6.07, 6.45) is -0.517. The van der Waals surface area contributed by atoms with Gasteiger partial charge >= 0.3 is 6.09 Å². The molecule has 1 aliphatic rings. The fourth-order valence-corrected chi connectivity index (χ4v) is 3.47. The molecule has 0 spiro atoms. The van der Waals surface area contributed by atoms with Crippen molar-refractivity contribution in [2.75, 3.05) is 11.5 Å². The van der Waals surface area contributed by atoms with E-state index in [0.29, 0.717) is 15.0 Å². The Labute approximate surface area is 146 Å². The molecule has 2 amide bonds. The number of thiophene rings is 1. The Hall–Kier alpha value is -1.76. The van der Waals surface area contributed by atoms with Crippen LogP contribution in [-0.2, 0) is 16.1 Å². The molecule has 1 aromatic heterocycles. The molecule has 1 atom stereocenters. The van der Waals surface area contributed by atoms with Crippen LogP contribution in [-0.4, -0.2) is 24.6 Å². The Morgan fingerprint density at radius 3 is 2.91 bits per heavy atom. The second-order valence-corrected chi connectivity index (χ2v) is 6.64. The van der Waals surface area contributed by atoms with Crippen LogP contribution in [0.2, 0.25) is 10.0 Å². The van der Waals surface area contributed by atoms with Crippen LogP contribution in [0.5, 0.6) is 0 Å². The van der Waals surface area contributed by atoms with E-state index in [4.69, 9.17) is 27.9 Å². The summed E-state index contributed by atoms with van der Waals surface area (Å²) in [5, 5.41) is 6.30. The third-order valence-electron chi connectivity index (χ3n) is 3.39. The zero-order chi connectivity index (χ0) is 16.4. The predicted octanol–water partition coefficient (Wildman–Crippen LogP) is 3.70. The topological polar surface area (TPSA) is 58.6 Å². The summed E-state index contributed by atoms with van der Waals surface area (Å²) in [6, 6.07) is 7.96. The highest BCUT2D eigenvalue weighted by molar-refractivity contribution is 7.14. The number of halogens is 2. The summed E-state index contributed by atoms with van der Waals surface area (Å²) < 4.78 is 5.00. The lowest BCUT2D eigenvalue weighted by atomic mass is 10.2. The third kappa shape index (κ3) is 3.44. The normalized spacial score (nSPS) is 17.2. The zero-order valence-electron chi connectivity index (χ0n) is 11.8. The van der Waals surface area contributed by atoms with Gasteiger partial charge in [0.25, 0.3) is 0 Å². The van der Waals surface area contributed by atoms with E-state index in [-0.39, 0.29) is 19.1 Å². The predicted molar refractivity (Wildman–Crippen MR) is 90.2 cm³/mol. The molecule has 8 heteroatoms. The van der Waals surface area contributed by atoms with Crippen LogP contribution in [0.25, 0.3) is 0 Å². The quantitative estimate of drug-likeness (QED) is 0.892. The first-order valence-electron chi connectivity index (χ1n) is 6.77. The first-order valence-corrected chi connectivity index (χ1v) is 8.41. The second kappa shape index (κ2) is 6.78. The minimum atomic E-state index is -0.688. The maximum absolute atomic E-state index is 12.4. The highest BCUT2D eigenvalue weighted by Gasteiger charge is 2.39. The Balaban J connectivity index is 1.69. The lowest BCUT2D eigenvalue weighted by Gasteiger charge is -2.19. The van der Waals surface area contributed by atoms with Gasteiger partial charge < -0.3 is 10.1 Å². The molecule has 1 aliphatic heterocycles.